The van der Waals surface area contributed by atoms with Crippen molar-refractivity contribution in [1.29, 1.82) is 0 Å². The minimum absolute atomic E-state index is 0.230. The molecule has 2 rings (SSSR count). The monoisotopic (exact) mass is 342 g/mol. The summed E-state index contributed by atoms with van der Waals surface area (Å²) < 4.78 is 0. The zero-order valence-corrected chi connectivity index (χ0v) is 13.4. The molecule has 0 heterocycles. The number of hydrogen-bond donors (Lipinski definition) is 2. The van der Waals surface area contributed by atoms with Crippen LogP contribution in [0.25, 0.3) is 0 Å². The molecule has 3 nitrogen and oxygen atoms in total. The lowest BCUT2D eigenvalue weighted by atomic mass is 10.00. The van der Waals surface area contributed by atoms with Gasteiger partial charge in [0, 0.05) is 10.7 Å². The summed E-state index contributed by atoms with van der Waals surface area (Å²) in [6.45, 7) is 1.78. The van der Waals surface area contributed by atoms with E-state index in [9.17, 15) is 4.79 Å². The first-order valence-corrected chi connectivity index (χ1v) is 7.32. The molecule has 0 bridgehead atoms. The van der Waals surface area contributed by atoms with E-state index in [0.29, 0.717) is 26.4 Å². The zero-order valence-electron chi connectivity index (χ0n) is 11.2. The second-order valence-corrected chi connectivity index (χ2v) is 5.88. The fraction of sp³-hybridized carbons (Fsp3) is 0.133. The van der Waals surface area contributed by atoms with Crippen molar-refractivity contribution >= 4 is 52.1 Å². The van der Waals surface area contributed by atoms with E-state index in [-0.39, 0.29) is 5.91 Å². The van der Waals surface area contributed by atoms with Gasteiger partial charge in [-0.3, -0.25) is 4.79 Å². The van der Waals surface area contributed by atoms with E-state index in [1.807, 2.05) is 6.07 Å². The number of rotatable bonds is 3. The minimum Gasteiger partial charge on any atom is -0.399 e. The molecule has 1 amide bonds. The van der Waals surface area contributed by atoms with E-state index in [1.165, 1.54) is 12.1 Å². The number of nitrogen functional groups attached to an aromatic ring is 1. The molecular weight excluding hydrogens is 331 g/mol. The van der Waals surface area contributed by atoms with E-state index >= 15 is 0 Å². The quantitative estimate of drug-likeness (QED) is 0.773. The lowest BCUT2D eigenvalue weighted by Crippen LogP contribution is -2.19. The molecule has 1 atom stereocenters. The Bertz CT molecular complexity index is 665. The van der Waals surface area contributed by atoms with E-state index < -0.39 is 5.92 Å². The van der Waals surface area contributed by atoms with Crippen LogP contribution in [0.4, 0.5) is 11.4 Å². The first-order valence-electron chi connectivity index (χ1n) is 6.19. The molecule has 0 saturated carbocycles. The molecule has 0 aliphatic rings. The first-order chi connectivity index (χ1) is 9.88. The maximum Gasteiger partial charge on any atom is 0.231 e. The third-order valence-corrected chi connectivity index (χ3v) is 3.87. The molecule has 1 unspecified atom stereocenters. The van der Waals surface area contributed by atoms with Crippen LogP contribution in [0.5, 0.6) is 0 Å². The van der Waals surface area contributed by atoms with Crippen molar-refractivity contribution in [3.63, 3.8) is 0 Å². The maximum absolute atomic E-state index is 12.3. The molecule has 6 heteroatoms. The van der Waals surface area contributed by atoms with E-state index in [0.717, 1.165) is 5.56 Å². The fourth-order valence-corrected chi connectivity index (χ4v) is 2.78. The number of carbonyl (C=O) groups excluding carboxylic acids is 1. The highest BCUT2D eigenvalue weighted by molar-refractivity contribution is 6.42. The van der Waals surface area contributed by atoms with Crippen molar-refractivity contribution in [2.75, 3.05) is 11.1 Å². The molecule has 2 aromatic rings. The highest BCUT2D eigenvalue weighted by atomic mass is 35.5. The molecule has 0 aliphatic heterocycles. The van der Waals surface area contributed by atoms with Crippen LogP contribution in [-0.4, -0.2) is 5.91 Å². The number of halogens is 3. The number of benzene rings is 2. The van der Waals surface area contributed by atoms with E-state index in [1.54, 1.807) is 25.1 Å². The lowest BCUT2D eigenvalue weighted by Gasteiger charge is -2.15. The molecule has 0 spiro atoms. The van der Waals surface area contributed by atoms with Gasteiger partial charge in [-0.15, -0.1) is 0 Å². The van der Waals surface area contributed by atoms with Gasteiger partial charge in [0.2, 0.25) is 5.91 Å². The molecule has 0 radical (unpaired) electrons. The van der Waals surface area contributed by atoms with Gasteiger partial charge < -0.3 is 11.1 Å². The van der Waals surface area contributed by atoms with Gasteiger partial charge in [-0.05, 0) is 36.8 Å². The van der Waals surface area contributed by atoms with Crippen molar-refractivity contribution in [3.05, 3.63) is 57.0 Å². The van der Waals surface area contributed by atoms with Crippen LogP contribution in [0.15, 0.2) is 36.4 Å². The van der Waals surface area contributed by atoms with Gasteiger partial charge in [-0.25, -0.2) is 0 Å². The largest absolute Gasteiger partial charge is 0.399 e. The summed E-state index contributed by atoms with van der Waals surface area (Å²) in [7, 11) is 0. The van der Waals surface area contributed by atoms with E-state index in [4.69, 9.17) is 40.5 Å². The van der Waals surface area contributed by atoms with Gasteiger partial charge in [-0.2, -0.15) is 0 Å². The van der Waals surface area contributed by atoms with Crippen LogP contribution in [0.1, 0.15) is 18.4 Å². The molecule has 3 N–H and O–H groups in total. The Morgan fingerprint density at radius 3 is 2.33 bits per heavy atom. The molecule has 0 aliphatic carbocycles. The van der Waals surface area contributed by atoms with Crippen molar-refractivity contribution in [2.24, 2.45) is 0 Å². The Labute approximate surface area is 138 Å². The molecule has 2 aromatic carbocycles. The molecule has 110 valence electrons. The summed E-state index contributed by atoms with van der Waals surface area (Å²) >= 11 is 17.9. The third kappa shape index (κ3) is 3.82. The lowest BCUT2D eigenvalue weighted by molar-refractivity contribution is -0.117. The molecule has 0 saturated heterocycles. The number of carbonyl (C=O) groups is 1. The SMILES string of the molecule is CC(C(=O)Nc1c(Cl)cc(Cl)cc1Cl)c1cccc(N)c1. The predicted octanol–water partition coefficient (Wildman–Crippen LogP) is 4.97. The van der Waals surface area contributed by atoms with Gasteiger partial charge in [0.15, 0.2) is 0 Å². The van der Waals surface area contributed by atoms with Crippen molar-refractivity contribution in [1.82, 2.24) is 0 Å². The van der Waals surface area contributed by atoms with Gasteiger partial charge >= 0.3 is 0 Å². The fourth-order valence-electron chi connectivity index (χ4n) is 1.87. The number of anilines is 2. The molecule has 0 fully saturated rings. The second kappa shape index (κ2) is 6.56. The van der Waals surface area contributed by atoms with Crippen LogP contribution in [-0.2, 0) is 4.79 Å². The maximum atomic E-state index is 12.3. The smallest absolute Gasteiger partial charge is 0.231 e. The normalized spacial score (nSPS) is 12.0. The van der Waals surface area contributed by atoms with Gasteiger partial charge in [-0.1, -0.05) is 46.9 Å². The molecule has 21 heavy (non-hydrogen) atoms. The van der Waals surface area contributed by atoms with Crippen molar-refractivity contribution in [3.8, 4) is 0 Å². The summed E-state index contributed by atoms with van der Waals surface area (Å²) in [5, 5.41) is 3.71. The Kier molecular flexibility index (Phi) is 4.99. The summed E-state index contributed by atoms with van der Waals surface area (Å²) in [4.78, 5) is 12.3. The molecule has 0 aromatic heterocycles. The number of nitrogens with two attached hydrogens (primary N) is 1. The van der Waals surface area contributed by atoms with Crippen LogP contribution >= 0.6 is 34.8 Å². The molecular formula is C15H13Cl3N2O. The Morgan fingerprint density at radius 2 is 1.76 bits per heavy atom. The Morgan fingerprint density at radius 1 is 1.14 bits per heavy atom. The highest BCUT2D eigenvalue weighted by Gasteiger charge is 2.18. The van der Waals surface area contributed by atoms with Gasteiger partial charge in [0.05, 0.1) is 21.7 Å². The number of amides is 1. The first kappa shape index (κ1) is 16.0. The van der Waals surface area contributed by atoms with Crippen LogP contribution in [0.3, 0.4) is 0 Å². The number of nitrogens with one attached hydrogen (secondary N) is 1. The van der Waals surface area contributed by atoms with Crippen LogP contribution in [0.2, 0.25) is 15.1 Å². The van der Waals surface area contributed by atoms with Crippen LogP contribution < -0.4 is 11.1 Å². The van der Waals surface area contributed by atoms with Gasteiger partial charge in [0.25, 0.3) is 0 Å². The highest BCUT2D eigenvalue weighted by Crippen LogP contribution is 2.34. The summed E-state index contributed by atoms with van der Waals surface area (Å²) in [5.41, 5.74) is 7.50. The average Bonchev–Trinajstić information content (AvgIpc) is 2.41. The topological polar surface area (TPSA) is 55.1 Å². The third-order valence-electron chi connectivity index (χ3n) is 3.06. The van der Waals surface area contributed by atoms with Crippen molar-refractivity contribution < 1.29 is 4.79 Å². The van der Waals surface area contributed by atoms with Crippen LogP contribution in [0, 0.1) is 0 Å². The summed E-state index contributed by atoms with van der Waals surface area (Å²) in [5.74, 6) is -0.622. The summed E-state index contributed by atoms with van der Waals surface area (Å²) in [6.07, 6.45) is 0. The Balaban J connectivity index is 2.22. The average molecular weight is 344 g/mol. The standard InChI is InChI=1S/C15H13Cl3N2O/c1-8(9-3-2-4-11(19)5-9)15(21)20-14-12(17)6-10(16)7-13(14)18/h2-8H,19H2,1H3,(H,20,21). The Hall–Kier alpha value is -1.42. The van der Waals surface area contributed by atoms with Gasteiger partial charge in [0.1, 0.15) is 0 Å². The van der Waals surface area contributed by atoms with Crippen molar-refractivity contribution in [2.45, 2.75) is 12.8 Å². The number of hydrogen-bond acceptors (Lipinski definition) is 2. The minimum atomic E-state index is -0.392. The predicted molar refractivity (Wildman–Crippen MR) is 89.4 cm³/mol. The zero-order chi connectivity index (χ0) is 15.6. The van der Waals surface area contributed by atoms with E-state index in [2.05, 4.69) is 5.32 Å². The summed E-state index contributed by atoms with van der Waals surface area (Å²) in [6, 6.07) is 10.2. The second-order valence-electron chi connectivity index (χ2n) is 4.63.